The summed E-state index contributed by atoms with van der Waals surface area (Å²) in [5, 5.41) is 10.3. The molecule has 0 saturated carbocycles. The molecule has 0 heterocycles. The number of primary amides is 1. The van der Waals surface area contributed by atoms with Gasteiger partial charge in [0.15, 0.2) is 0 Å². The first-order valence-corrected chi connectivity index (χ1v) is 4.70. The first-order valence-electron chi connectivity index (χ1n) is 4.32. The summed E-state index contributed by atoms with van der Waals surface area (Å²) in [5.74, 6) is 3.11. The lowest BCUT2D eigenvalue weighted by Gasteiger charge is -1.97. The summed E-state index contributed by atoms with van der Waals surface area (Å²) in [5.41, 5.74) is 4.19. The lowest BCUT2D eigenvalue weighted by molar-refractivity contribution is -0.387. The topological polar surface area (TPSA) is 86.2 Å². The van der Waals surface area contributed by atoms with Crippen molar-refractivity contribution in [1.82, 2.24) is 0 Å². The number of nitro groups is 1. The number of hydrogen-bond donors (Lipinski definition) is 1. The number of hydrogen-bond acceptors (Lipinski definition) is 3. The van der Waals surface area contributed by atoms with Gasteiger partial charge in [-0.05, 0) is 6.07 Å². The van der Waals surface area contributed by atoms with E-state index in [9.17, 15) is 19.3 Å². The Hall–Kier alpha value is -2.13. The van der Waals surface area contributed by atoms with Gasteiger partial charge in [-0.2, -0.15) is 4.39 Å². The zero-order valence-corrected chi connectivity index (χ0v) is 9.12. The van der Waals surface area contributed by atoms with Crippen LogP contribution in [0.2, 0.25) is 5.02 Å². The molecule has 1 rings (SSSR count). The fourth-order valence-electron chi connectivity index (χ4n) is 0.999. The summed E-state index contributed by atoms with van der Waals surface area (Å²) in [6, 6.07) is 1.71. The number of nitrogens with two attached hydrogens (primary N) is 1. The van der Waals surface area contributed by atoms with Crippen molar-refractivity contribution in [1.29, 1.82) is 0 Å². The van der Waals surface area contributed by atoms with E-state index in [4.69, 9.17) is 17.3 Å². The molecule has 1 aromatic carbocycles. The molecule has 0 bridgehead atoms. The molecular formula is C10H6ClFN2O3. The Labute approximate surface area is 101 Å². The van der Waals surface area contributed by atoms with Crippen molar-refractivity contribution < 1.29 is 14.1 Å². The Morgan fingerprint density at radius 3 is 2.76 bits per heavy atom. The number of amides is 1. The number of nitro benzene ring substituents is 1. The van der Waals surface area contributed by atoms with E-state index in [1.54, 1.807) is 0 Å². The Kier molecular flexibility index (Phi) is 4.01. The zero-order chi connectivity index (χ0) is 13.0. The molecule has 0 aliphatic rings. The maximum Gasteiger partial charge on any atom is 0.306 e. The van der Waals surface area contributed by atoms with E-state index in [1.807, 2.05) is 0 Å². The van der Waals surface area contributed by atoms with Crippen molar-refractivity contribution in [3.05, 3.63) is 38.7 Å². The maximum absolute atomic E-state index is 13.2. The summed E-state index contributed by atoms with van der Waals surface area (Å²) in [7, 11) is 0. The van der Waals surface area contributed by atoms with Gasteiger partial charge in [0.1, 0.15) is 0 Å². The highest BCUT2D eigenvalue weighted by molar-refractivity contribution is 6.32. The molecule has 1 aromatic rings. The molecule has 7 heteroatoms. The van der Waals surface area contributed by atoms with Crippen LogP contribution in [0.15, 0.2) is 12.1 Å². The minimum atomic E-state index is -1.04. The Balaban J connectivity index is 3.10. The van der Waals surface area contributed by atoms with Crippen LogP contribution in [0, 0.1) is 27.8 Å². The first-order chi connectivity index (χ1) is 7.91. The SMILES string of the molecule is NC(=O)CC#Cc1cc(F)c([N+](=O)[O-])cc1Cl. The molecule has 0 fully saturated rings. The quantitative estimate of drug-likeness (QED) is 0.495. The van der Waals surface area contributed by atoms with Crippen molar-refractivity contribution >= 4 is 23.2 Å². The van der Waals surface area contributed by atoms with Crippen molar-refractivity contribution in [3.8, 4) is 11.8 Å². The minimum absolute atomic E-state index is 0.0601. The third kappa shape index (κ3) is 3.43. The van der Waals surface area contributed by atoms with Crippen LogP contribution in [0.1, 0.15) is 12.0 Å². The fourth-order valence-corrected chi connectivity index (χ4v) is 1.20. The molecule has 0 saturated heterocycles. The molecule has 0 aliphatic heterocycles. The molecule has 1 amide bonds. The molecule has 0 spiro atoms. The second-order valence-corrected chi connectivity index (χ2v) is 3.39. The molecule has 0 radical (unpaired) electrons. The summed E-state index contributed by atoms with van der Waals surface area (Å²) in [6.07, 6.45) is -0.199. The van der Waals surface area contributed by atoms with E-state index in [0.717, 1.165) is 12.1 Å². The molecule has 0 atom stereocenters. The van der Waals surface area contributed by atoms with Crippen LogP contribution in [-0.4, -0.2) is 10.8 Å². The van der Waals surface area contributed by atoms with E-state index in [2.05, 4.69) is 11.8 Å². The summed E-state index contributed by atoms with van der Waals surface area (Å²) in [4.78, 5) is 19.9. The number of halogens is 2. The summed E-state index contributed by atoms with van der Waals surface area (Å²) >= 11 is 5.67. The van der Waals surface area contributed by atoms with Crippen LogP contribution in [0.3, 0.4) is 0 Å². The number of nitrogens with zero attached hydrogens (tertiary/aromatic N) is 1. The molecule has 2 N–H and O–H groups in total. The fraction of sp³-hybridized carbons (Fsp3) is 0.100. The molecule has 88 valence electrons. The summed E-state index contributed by atoms with van der Waals surface area (Å²) < 4.78 is 13.2. The average Bonchev–Trinajstić information content (AvgIpc) is 2.21. The highest BCUT2D eigenvalue weighted by Crippen LogP contribution is 2.25. The van der Waals surface area contributed by atoms with E-state index >= 15 is 0 Å². The Bertz CT molecular complexity index is 548. The van der Waals surface area contributed by atoms with Crippen LogP contribution < -0.4 is 5.73 Å². The first kappa shape index (κ1) is 12.9. The predicted molar refractivity (Wildman–Crippen MR) is 58.8 cm³/mol. The molecule has 0 unspecified atom stereocenters. The Morgan fingerprint density at radius 2 is 2.24 bits per heavy atom. The average molecular weight is 257 g/mol. The van der Waals surface area contributed by atoms with Crippen molar-refractivity contribution in [2.45, 2.75) is 6.42 Å². The maximum atomic E-state index is 13.2. The monoisotopic (exact) mass is 256 g/mol. The van der Waals surface area contributed by atoms with E-state index < -0.39 is 22.3 Å². The minimum Gasteiger partial charge on any atom is -0.369 e. The second-order valence-electron chi connectivity index (χ2n) is 2.99. The van der Waals surface area contributed by atoms with Crippen molar-refractivity contribution in [3.63, 3.8) is 0 Å². The van der Waals surface area contributed by atoms with Crippen LogP contribution in [0.5, 0.6) is 0 Å². The molecule has 0 aromatic heterocycles. The van der Waals surface area contributed by atoms with Gasteiger partial charge in [-0.25, -0.2) is 0 Å². The van der Waals surface area contributed by atoms with Gasteiger partial charge in [-0.15, -0.1) is 0 Å². The molecule has 5 nitrogen and oxygen atoms in total. The van der Waals surface area contributed by atoms with Crippen molar-refractivity contribution in [2.75, 3.05) is 0 Å². The molecular weight excluding hydrogens is 251 g/mol. The number of carbonyl (C=O) groups is 1. The molecule has 17 heavy (non-hydrogen) atoms. The largest absolute Gasteiger partial charge is 0.369 e. The van der Waals surface area contributed by atoms with Gasteiger partial charge in [0, 0.05) is 11.6 Å². The number of benzene rings is 1. The highest BCUT2D eigenvalue weighted by Gasteiger charge is 2.16. The van der Waals surface area contributed by atoms with Crippen molar-refractivity contribution in [2.24, 2.45) is 5.73 Å². The number of carbonyl (C=O) groups excluding carboxylic acids is 1. The predicted octanol–water partition coefficient (Wildman–Crippen LogP) is 1.61. The standard InChI is InChI=1S/C10H6ClFN2O3/c11-7-5-9(14(16)17)8(12)4-6(7)2-1-3-10(13)15/h4-5H,3H2,(H2,13,15). The van der Waals surface area contributed by atoms with Crippen LogP contribution in [0.25, 0.3) is 0 Å². The Morgan fingerprint density at radius 1 is 1.59 bits per heavy atom. The zero-order valence-electron chi connectivity index (χ0n) is 8.37. The van der Waals surface area contributed by atoms with Gasteiger partial charge in [-0.1, -0.05) is 23.4 Å². The smallest absolute Gasteiger partial charge is 0.306 e. The van der Waals surface area contributed by atoms with Crippen LogP contribution in [0.4, 0.5) is 10.1 Å². The van der Waals surface area contributed by atoms with Gasteiger partial charge < -0.3 is 5.73 Å². The van der Waals surface area contributed by atoms with E-state index in [-0.39, 0.29) is 17.0 Å². The van der Waals surface area contributed by atoms with Gasteiger partial charge in [0.2, 0.25) is 11.7 Å². The van der Waals surface area contributed by atoms with Gasteiger partial charge in [0.25, 0.3) is 0 Å². The second kappa shape index (κ2) is 5.27. The third-order valence-corrected chi connectivity index (χ3v) is 2.03. The molecule has 0 aliphatic carbocycles. The normalized spacial score (nSPS) is 9.29. The number of rotatable bonds is 2. The summed E-state index contributed by atoms with van der Waals surface area (Å²) in [6.45, 7) is 0. The van der Waals surface area contributed by atoms with Gasteiger partial charge in [-0.3, -0.25) is 14.9 Å². The lowest BCUT2D eigenvalue weighted by atomic mass is 10.2. The van der Waals surface area contributed by atoms with Gasteiger partial charge in [0.05, 0.1) is 16.4 Å². The van der Waals surface area contributed by atoms with E-state index in [1.165, 1.54) is 0 Å². The third-order valence-electron chi connectivity index (χ3n) is 1.72. The highest BCUT2D eigenvalue weighted by atomic mass is 35.5. The van der Waals surface area contributed by atoms with Crippen LogP contribution >= 0.6 is 11.6 Å². The van der Waals surface area contributed by atoms with Crippen LogP contribution in [-0.2, 0) is 4.79 Å². The van der Waals surface area contributed by atoms with E-state index in [0.29, 0.717) is 0 Å². The lowest BCUT2D eigenvalue weighted by Crippen LogP contribution is -2.08. The van der Waals surface area contributed by atoms with Gasteiger partial charge >= 0.3 is 5.69 Å².